The van der Waals surface area contributed by atoms with Gasteiger partial charge in [-0.15, -0.1) is 11.3 Å². The molecule has 0 N–H and O–H groups in total. The van der Waals surface area contributed by atoms with Gasteiger partial charge in [0.15, 0.2) is 5.70 Å². The Kier molecular flexibility index (Phi) is 7.53. The van der Waals surface area contributed by atoms with Crippen molar-refractivity contribution in [1.29, 1.82) is 0 Å². The summed E-state index contributed by atoms with van der Waals surface area (Å²) in [5.74, 6) is 7.39. The number of fused-ring (bicyclic) bond motifs is 3. The minimum absolute atomic E-state index is 0.459. The summed E-state index contributed by atoms with van der Waals surface area (Å²) in [6.45, 7) is 5.95. The number of aryl methyl sites for hydroxylation is 2. The summed E-state index contributed by atoms with van der Waals surface area (Å²) in [5, 5.41) is 0.861. The van der Waals surface area contributed by atoms with E-state index in [4.69, 9.17) is 9.72 Å². The van der Waals surface area contributed by atoms with E-state index in [-0.39, 0.29) is 0 Å². The SMILES string of the molecule is CCCCOc1ccc(C#CC2=C(C)C3=C(c4ccccc4)c4c(C)cc(C)n4[B-](F)(F)[N+]3=C2C)cc1-c1nc2ccccc2s1. The van der Waals surface area contributed by atoms with Crippen LogP contribution in [0.25, 0.3) is 26.4 Å². The van der Waals surface area contributed by atoms with Crippen LogP contribution < -0.4 is 4.74 Å². The van der Waals surface area contributed by atoms with Crippen LogP contribution in [0.4, 0.5) is 8.63 Å². The second-order valence-electron chi connectivity index (χ2n) is 12.0. The molecule has 2 aliphatic heterocycles. The van der Waals surface area contributed by atoms with Gasteiger partial charge in [0.05, 0.1) is 33.5 Å². The van der Waals surface area contributed by atoms with E-state index in [1.807, 2.05) is 86.6 Å². The van der Waals surface area contributed by atoms with Gasteiger partial charge in [-0.2, -0.15) is 0 Å². The number of benzene rings is 3. The second kappa shape index (κ2) is 11.6. The number of aromatic nitrogens is 2. The molecule has 0 spiro atoms. The fourth-order valence-electron chi connectivity index (χ4n) is 6.73. The van der Waals surface area contributed by atoms with Crippen molar-refractivity contribution in [3.05, 3.63) is 124 Å². The minimum atomic E-state index is -4.14. The monoisotopic (exact) mass is 629 g/mol. The Bertz CT molecular complexity index is 2160. The van der Waals surface area contributed by atoms with Crippen molar-refractivity contribution in [2.24, 2.45) is 0 Å². The van der Waals surface area contributed by atoms with Crippen molar-refractivity contribution in [3.8, 4) is 28.2 Å². The Morgan fingerprint density at radius 3 is 2.46 bits per heavy atom. The zero-order chi connectivity index (χ0) is 32.2. The number of allylic oxidation sites excluding steroid dienone is 2. The first-order valence-electron chi connectivity index (χ1n) is 15.7. The predicted octanol–water partition coefficient (Wildman–Crippen LogP) is 9.41. The maximum absolute atomic E-state index is 16.6. The lowest BCUT2D eigenvalue weighted by Crippen LogP contribution is -2.51. The van der Waals surface area contributed by atoms with Crippen molar-refractivity contribution < 1.29 is 17.9 Å². The lowest BCUT2D eigenvalue weighted by atomic mass is 9.84. The molecule has 5 aromatic rings. The van der Waals surface area contributed by atoms with E-state index in [0.717, 1.165) is 67.2 Å². The van der Waals surface area contributed by atoms with Gasteiger partial charge in [0.2, 0.25) is 0 Å². The van der Waals surface area contributed by atoms with E-state index >= 15 is 8.63 Å². The molecule has 2 aliphatic rings. The third-order valence-electron chi connectivity index (χ3n) is 8.86. The van der Waals surface area contributed by atoms with Crippen LogP contribution in [0.15, 0.2) is 95.7 Å². The van der Waals surface area contributed by atoms with E-state index < -0.39 is 6.97 Å². The molecule has 2 aromatic heterocycles. The highest BCUT2D eigenvalue weighted by molar-refractivity contribution is 7.21. The highest BCUT2D eigenvalue weighted by Crippen LogP contribution is 2.45. The Morgan fingerprint density at radius 2 is 1.70 bits per heavy atom. The Balaban J connectivity index is 1.38. The molecule has 4 nitrogen and oxygen atoms in total. The number of nitrogens with zero attached hydrogens (tertiary/aromatic N) is 3. The Morgan fingerprint density at radius 1 is 0.935 bits per heavy atom. The Hall–Kier alpha value is -4.74. The van der Waals surface area contributed by atoms with Crippen LogP contribution in [0.5, 0.6) is 5.75 Å². The van der Waals surface area contributed by atoms with E-state index in [2.05, 4.69) is 24.8 Å². The standard InChI is InChI=1S/C38H34BF2N3OS/c1-6-7-21-45-33-20-18-28(23-31(33)38-42-32-15-11-12-16-34(32)46-38)17-19-30-26(4)37-35(29-13-9-8-10-14-29)36-24(2)22-25(3)43(36)39(40,41)44(37)27(30)5/h8-16,18,20,22-23H,6-7,21H2,1-5H3. The molecule has 3 aromatic carbocycles. The number of halogens is 2. The molecule has 0 aliphatic carbocycles. The molecular weight excluding hydrogens is 595 g/mol. The van der Waals surface area contributed by atoms with Gasteiger partial charge < -0.3 is 22.3 Å². The van der Waals surface area contributed by atoms with Crippen molar-refractivity contribution in [2.45, 2.75) is 47.5 Å². The van der Waals surface area contributed by atoms with Gasteiger partial charge in [-0.1, -0.05) is 67.6 Å². The molecule has 46 heavy (non-hydrogen) atoms. The fraction of sp³-hybridized carbons (Fsp3) is 0.211. The lowest BCUT2D eigenvalue weighted by molar-refractivity contribution is -0.363. The molecule has 0 radical (unpaired) electrons. The van der Waals surface area contributed by atoms with E-state index in [9.17, 15) is 0 Å². The number of rotatable bonds is 6. The van der Waals surface area contributed by atoms with E-state index in [0.29, 0.717) is 35.0 Å². The third-order valence-corrected chi connectivity index (χ3v) is 9.93. The minimum Gasteiger partial charge on any atom is -0.493 e. The average molecular weight is 630 g/mol. The topological polar surface area (TPSA) is 30.1 Å². The first kappa shape index (κ1) is 29.9. The molecule has 0 saturated carbocycles. The smallest absolute Gasteiger partial charge is 0.493 e. The largest absolute Gasteiger partial charge is 0.737 e. The Labute approximate surface area is 272 Å². The number of para-hydroxylation sites is 1. The van der Waals surface area contributed by atoms with Crippen molar-refractivity contribution in [3.63, 3.8) is 0 Å². The molecule has 0 unspecified atom stereocenters. The number of hydrogen-bond donors (Lipinski definition) is 0. The molecule has 0 amide bonds. The summed E-state index contributed by atoms with van der Waals surface area (Å²) in [6, 6.07) is 25.6. The molecular formula is C38H34BF2N3OS. The summed E-state index contributed by atoms with van der Waals surface area (Å²) >= 11 is 1.62. The maximum Gasteiger partial charge on any atom is 0.737 e. The van der Waals surface area contributed by atoms with Crippen LogP contribution in [0.3, 0.4) is 0 Å². The summed E-state index contributed by atoms with van der Waals surface area (Å²) < 4.78 is 42.9. The van der Waals surface area contributed by atoms with Crippen molar-refractivity contribution >= 4 is 39.8 Å². The molecule has 0 atom stereocenters. The fourth-order valence-corrected chi connectivity index (χ4v) is 7.72. The molecule has 4 heterocycles. The zero-order valence-corrected chi connectivity index (χ0v) is 27.4. The van der Waals surface area contributed by atoms with Gasteiger partial charge >= 0.3 is 6.97 Å². The summed E-state index contributed by atoms with van der Waals surface area (Å²) in [6.07, 6.45) is 1.99. The highest BCUT2D eigenvalue weighted by Gasteiger charge is 2.56. The predicted molar refractivity (Wildman–Crippen MR) is 186 cm³/mol. The van der Waals surface area contributed by atoms with Gasteiger partial charge in [0.1, 0.15) is 16.5 Å². The summed E-state index contributed by atoms with van der Waals surface area (Å²) in [4.78, 5) is 4.89. The van der Waals surface area contributed by atoms with Crippen molar-refractivity contribution in [1.82, 2.24) is 9.46 Å². The molecule has 7 rings (SSSR count). The normalized spacial score (nSPS) is 15.3. The van der Waals surface area contributed by atoms with E-state index in [1.165, 1.54) is 8.96 Å². The first-order chi connectivity index (χ1) is 22.2. The van der Waals surface area contributed by atoms with Crippen LogP contribution in [-0.4, -0.2) is 33.2 Å². The molecule has 0 bridgehead atoms. The maximum atomic E-state index is 16.6. The second-order valence-corrected chi connectivity index (χ2v) is 13.0. The molecule has 0 saturated heterocycles. The molecule has 230 valence electrons. The third kappa shape index (κ3) is 4.82. The van der Waals surface area contributed by atoms with Crippen LogP contribution in [0, 0.1) is 25.7 Å². The quantitative estimate of drug-likeness (QED) is 0.106. The van der Waals surface area contributed by atoms with Crippen LogP contribution >= 0.6 is 11.3 Å². The van der Waals surface area contributed by atoms with E-state index in [1.54, 1.807) is 25.2 Å². The number of unbranched alkanes of at least 4 members (excludes halogenated alkanes) is 1. The number of thiazole rings is 1. The van der Waals surface area contributed by atoms with Gasteiger partial charge in [-0.05, 0) is 80.4 Å². The first-order valence-corrected chi connectivity index (χ1v) is 16.5. The van der Waals surface area contributed by atoms with Gasteiger partial charge in [0.25, 0.3) is 0 Å². The van der Waals surface area contributed by atoms with Gasteiger partial charge in [-0.3, -0.25) is 0 Å². The molecule has 0 fully saturated rings. The van der Waals surface area contributed by atoms with Crippen molar-refractivity contribution in [2.75, 3.05) is 6.61 Å². The van der Waals surface area contributed by atoms with Crippen LogP contribution in [0.1, 0.15) is 61.7 Å². The zero-order valence-electron chi connectivity index (χ0n) is 26.6. The van der Waals surface area contributed by atoms with Gasteiger partial charge in [-0.25, -0.2) is 4.98 Å². The molecule has 8 heteroatoms. The van der Waals surface area contributed by atoms with Crippen LogP contribution in [-0.2, 0) is 0 Å². The highest BCUT2D eigenvalue weighted by atomic mass is 32.1. The number of ether oxygens (including phenoxy) is 1. The summed E-state index contributed by atoms with van der Waals surface area (Å²) in [7, 11) is 0. The summed E-state index contributed by atoms with van der Waals surface area (Å²) in [5.41, 5.74) is 8.59. The lowest BCUT2D eigenvalue weighted by Gasteiger charge is -2.34. The van der Waals surface area contributed by atoms with Crippen LogP contribution in [0.2, 0.25) is 0 Å². The number of hydrogen-bond acceptors (Lipinski definition) is 3. The van der Waals surface area contributed by atoms with Gasteiger partial charge in [0, 0.05) is 23.8 Å². The average Bonchev–Trinajstić information content (AvgIpc) is 3.69.